The molecule has 2 aromatic carbocycles. The maximum Gasteiger partial charge on any atom is 0.307 e. The fraction of sp³-hybridized carbons (Fsp3) is 0.500. The van der Waals surface area contributed by atoms with E-state index in [1.165, 1.54) is 18.1 Å². The minimum absolute atomic E-state index is 0.0269. The average Bonchev–Trinajstić information content (AvgIpc) is 4.05. The maximum atomic E-state index is 14.8. The number of sulfonamides is 1. The Hall–Kier alpha value is -4.89. The SMILES string of the molecule is C=C[C@@H]1C[C@]1(NC(=O)[C@@H]1C[C@@H](Oc2nc3c4cc(Cl)ccc4oc3c3ccc(OC)cc23)CN1C(=O)[C@@H](CC(=O)OC(C)(C)C)C(C)(C)C)C(=O)NS(=O)(=O)C1CC1. The summed E-state index contributed by atoms with van der Waals surface area (Å²) in [5, 5.41) is 4.53. The van der Waals surface area contributed by atoms with Crippen LogP contribution in [0, 0.1) is 17.3 Å². The third-order valence-electron chi connectivity index (χ3n) is 11.0. The molecule has 0 unspecified atom stereocenters. The number of hydrogen-bond donors (Lipinski definition) is 2. The molecular formula is C42H49ClN4O10S. The number of carbonyl (C=O) groups is 4. The van der Waals surface area contributed by atoms with Gasteiger partial charge in [0.05, 0.1) is 36.6 Å². The van der Waals surface area contributed by atoms with Crippen LogP contribution in [0.1, 0.15) is 73.6 Å². The van der Waals surface area contributed by atoms with Gasteiger partial charge >= 0.3 is 5.97 Å². The number of methoxy groups -OCH3 is 1. The molecule has 0 spiro atoms. The van der Waals surface area contributed by atoms with Crippen molar-refractivity contribution in [3.05, 3.63) is 54.1 Å². The number of amides is 3. The van der Waals surface area contributed by atoms with Gasteiger partial charge in [0, 0.05) is 28.1 Å². The van der Waals surface area contributed by atoms with E-state index in [0.29, 0.717) is 56.5 Å². The molecule has 0 bridgehead atoms. The number of carbonyl (C=O) groups excluding carboxylic acids is 4. The number of fused-ring (bicyclic) bond motifs is 5. The molecule has 2 saturated carbocycles. The number of benzene rings is 2. The first-order valence-corrected chi connectivity index (χ1v) is 21.3. The summed E-state index contributed by atoms with van der Waals surface area (Å²) >= 11 is 6.38. The third kappa shape index (κ3) is 8.07. The lowest BCUT2D eigenvalue weighted by atomic mass is 9.77. The number of furan rings is 1. The summed E-state index contributed by atoms with van der Waals surface area (Å²) in [6.07, 6.45) is 1.42. The Labute approximate surface area is 342 Å². The van der Waals surface area contributed by atoms with E-state index in [1.807, 2.05) is 26.8 Å². The molecule has 1 saturated heterocycles. The monoisotopic (exact) mass is 836 g/mol. The van der Waals surface area contributed by atoms with Crippen LogP contribution in [0.15, 0.2) is 53.5 Å². The predicted octanol–water partition coefficient (Wildman–Crippen LogP) is 6.21. The molecule has 3 fully saturated rings. The molecule has 7 rings (SSSR count). The topological polar surface area (TPSA) is 183 Å². The summed E-state index contributed by atoms with van der Waals surface area (Å²) in [7, 11) is -2.39. The standard InChI is InChI=1S/C42H49ClN4O10S/c1-9-22-20-42(22,39(51)46-58(52,53)26-12-13-26)45-36(49)31-18-25(21-47(31)38(50)30(40(2,3)4)19-33(48)57-41(5,6)7)55-37-28-17-24(54-8)11-14-27(28)35-34(44-37)29-16-23(43)10-15-32(29)56-35/h9-11,14-17,22,25-26,30-31H,1,12-13,18-21H2,2-8H3,(H,45,49)(H,46,51)/t22-,25-,30-,31+,42-/m1/s1. The second-order valence-electron chi connectivity index (χ2n) is 17.6. The first-order valence-electron chi connectivity index (χ1n) is 19.3. The zero-order valence-corrected chi connectivity index (χ0v) is 35.2. The van der Waals surface area contributed by atoms with Crippen LogP contribution in [0.4, 0.5) is 0 Å². The number of pyridine rings is 1. The number of halogens is 1. The normalized spacial score (nSPS) is 22.8. The molecule has 4 aromatic rings. The highest BCUT2D eigenvalue weighted by molar-refractivity contribution is 7.91. The van der Waals surface area contributed by atoms with E-state index in [4.69, 9.17) is 35.2 Å². The van der Waals surface area contributed by atoms with Gasteiger partial charge in [0.2, 0.25) is 27.7 Å². The summed E-state index contributed by atoms with van der Waals surface area (Å²) in [4.78, 5) is 62.4. The zero-order valence-electron chi connectivity index (χ0n) is 33.6. The molecule has 2 aliphatic carbocycles. The van der Waals surface area contributed by atoms with Gasteiger partial charge in [0.1, 0.15) is 40.1 Å². The fourth-order valence-corrected chi connectivity index (χ4v) is 9.23. The van der Waals surface area contributed by atoms with Gasteiger partial charge in [-0.15, -0.1) is 6.58 Å². The molecule has 5 atom stereocenters. The average molecular weight is 837 g/mol. The number of nitrogens with zero attached hydrogens (tertiary/aromatic N) is 2. The number of nitrogens with one attached hydrogen (secondary N) is 2. The molecule has 1 aliphatic heterocycles. The van der Waals surface area contributed by atoms with Crippen molar-refractivity contribution < 1.29 is 46.2 Å². The van der Waals surface area contributed by atoms with Gasteiger partial charge in [0.15, 0.2) is 5.58 Å². The molecule has 2 N–H and O–H groups in total. The van der Waals surface area contributed by atoms with E-state index < -0.39 is 79.5 Å². The first kappa shape index (κ1) is 41.3. The lowest BCUT2D eigenvalue weighted by Gasteiger charge is -2.35. The maximum absolute atomic E-state index is 14.8. The van der Waals surface area contributed by atoms with Gasteiger partial charge in [-0.2, -0.15) is 0 Å². The second-order valence-corrected chi connectivity index (χ2v) is 20.0. The van der Waals surface area contributed by atoms with E-state index in [9.17, 15) is 27.6 Å². The number of hydrogen-bond acceptors (Lipinski definition) is 11. The molecule has 0 radical (unpaired) electrons. The summed E-state index contributed by atoms with van der Waals surface area (Å²) in [5.41, 5.74) is -1.57. The Morgan fingerprint density at radius 3 is 2.41 bits per heavy atom. The number of esters is 1. The van der Waals surface area contributed by atoms with Gasteiger partial charge < -0.3 is 28.8 Å². The van der Waals surface area contributed by atoms with Crippen molar-refractivity contribution in [1.82, 2.24) is 19.9 Å². The molecule has 14 nitrogen and oxygen atoms in total. The van der Waals surface area contributed by atoms with E-state index in [-0.39, 0.29) is 31.7 Å². The Bertz CT molecular complexity index is 2470. The van der Waals surface area contributed by atoms with E-state index in [2.05, 4.69) is 16.6 Å². The highest BCUT2D eigenvalue weighted by atomic mass is 35.5. The molecule has 3 amide bonds. The Balaban J connectivity index is 1.26. The van der Waals surface area contributed by atoms with Crippen LogP contribution in [0.3, 0.4) is 0 Å². The van der Waals surface area contributed by atoms with Crippen LogP contribution >= 0.6 is 11.6 Å². The van der Waals surface area contributed by atoms with Crippen LogP contribution in [-0.4, -0.2) is 84.2 Å². The minimum atomic E-state index is -3.93. The highest BCUT2D eigenvalue weighted by Gasteiger charge is 2.62. The van der Waals surface area contributed by atoms with Crippen molar-refractivity contribution >= 4 is 78.2 Å². The van der Waals surface area contributed by atoms with Crippen LogP contribution < -0.4 is 19.5 Å². The third-order valence-corrected chi connectivity index (χ3v) is 13.1. The first-order chi connectivity index (χ1) is 27.1. The molecule has 3 heterocycles. The number of rotatable bonds is 12. The fourth-order valence-electron chi connectivity index (χ4n) is 7.69. The van der Waals surface area contributed by atoms with Crippen LogP contribution in [0.2, 0.25) is 5.02 Å². The molecular weight excluding hydrogens is 788 g/mol. The molecule has 16 heteroatoms. The molecule has 2 aromatic heterocycles. The number of likely N-dealkylation sites (tertiary alicyclic amines) is 1. The smallest absolute Gasteiger partial charge is 0.307 e. The second kappa shape index (κ2) is 14.7. The lowest BCUT2D eigenvalue weighted by Crippen LogP contribution is -2.57. The van der Waals surface area contributed by atoms with Gasteiger partial charge in [0.25, 0.3) is 5.91 Å². The zero-order chi connectivity index (χ0) is 42.1. The van der Waals surface area contributed by atoms with Crippen molar-refractivity contribution in [3.8, 4) is 11.6 Å². The van der Waals surface area contributed by atoms with Crippen molar-refractivity contribution in [2.24, 2.45) is 17.3 Å². The molecule has 3 aliphatic rings. The number of ether oxygens (including phenoxy) is 3. The van der Waals surface area contributed by atoms with E-state index >= 15 is 0 Å². The Kier molecular flexibility index (Phi) is 10.5. The summed E-state index contributed by atoms with van der Waals surface area (Å²) in [6, 6.07) is 9.42. The van der Waals surface area contributed by atoms with E-state index in [0.717, 1.165) is 0 Å². The van der Waals surface area contributed by atoms with Crippen molar-refractivity contribution in [2.75, 3.05) is 13.7 Å². The molecule has 58 heavy (non-hydrogen) atoms. The Morgan fingerprint density at radius 2 is 1.79 bits per heavy atom. The van der Waals surface area contributed by atoms with E-state index in [1.54, 1.807) is 51.1 Å². The minimum Gasteiger partial charge on any atom is -0.497 e. The van der Waals surface area contributed by atoms with Crippen LogP contribution in [0.25, 0.3) is 32.8 Å². The van der Waals surface area contributed by atoms with Crippen molar-refractivity contribution in [3.63, 3.8) is 0 Å². The van der Waals surface area contributed by atoms with Gasteiger partial charge in [-0.05, 0) is 81.8 Å². The molecule has 310 valence electrons. The van der Waals surface area contributed by atoms with Gasteiger partial charge in [-0.25, -0.2) is 13.4 Å². The van der Waals surface area contributed by atoms with Crippen molar-refractivity contribution in [1.29, 1.82) is 0 Å². The highest BCUT2D eigenvalue weighted by Crippen LogP contribution is 2.46. The van der Waals surface area contributed by atoms with Gasteiger partial charge in [-0.1, -0.05) is 38.4 Å². The predicted molar refractivity (Wildman–Crippen MR) is 218 cm³/mol. The van der Waals surface area contributed by atoms with Crippen molar-refractivity contribution in [2.45, 2.75) is 102 Å². The number of aromatic nitrogens is 1. The summed E-state index contributed by atoms with van der Waals surface area (Å²) < 4.78 is 51.8. The Morgan fingerprint density at radius 1 is 1.07 bits per heavy atom. The summed E-state index contributed by atoms with van der Waals surface area (Å²) in [6.45, 7) is 14.4. The lowest BCUT2D eigenvalue weighted by molar-refractivity contribution is -0.161. The van der Waals surface area contributed by atoms with Gasteiger partial charge in [-0.3, -0.25) is 23.9 Å². The quantitative estimate of drug-likeness (QED) is 0.122. The van der Waals surface area contributed by atoms with Crippen LogP contribution in [0.5, 0.6) is 11.6 Å². The van der Waals surface area contributed by atoms with Crippen LogP contribution in [-0.2, 0) is 33.9 Å². The summed E-state index contributed by atoms with van der Waals surface area (Å²) in [5.74, 6) is -3.34. The largest absolute Gasteiger partial charge is 0.497 e.